The predicted molar refractivity (Wildman–Crippen MR) is 69.0 cm³/mol. The van der Waals surface area contributed by atoms with Gasteiger partial charge in [0.15, 0.2) is 6.29 Å². The number of rotatable bonds is 6. The van der Waals surface area contributed by atoms with Gasteiger partial charge in [-0.2, -0.15) is 0 Å². The summed E-state index contributed by atoms with van der Waals surface area (Å²) in [5.74, 6) is -0.483. The molecule has 124 valence electrons. The van der Waals surface area contributed by atoms with Crippen LogP contribution in [0.15, 0.2) is 0 Å². The normalized spacial score (nSPS) is 36.0. The first-order chi connectivity index (χ1) is 9.81. The summed E-state index contributed by atoms with van der Waals surface area (Å²) in [5, 5.41) is 49.9. The van der Waals surface area contributed by atoms with Crippen molar-refractivity contribution in [2.45, 2.75) is 56.7 Å². The van der Waals surface area contributed by atoms with Crippen LogP contribution in [-0.4, -0.2) is 87.5 Å². The molecular weight excluding hydrogens is 286 g/mol. The third-order valence-corrected chi connectivity index (χ3v) is 3.28. The van der Waals surface area contributed by atoms with Gasteiger partial charge in [0.1, 0.15) is 30.5 Å². The average molecular weight is 309 g/mol. The molecule has 0 aromatic rings. The second-order valence-corrected chi connectivity index (χ2v) is 5.03. The van der Waals surface area contributed by atoms with Crippen LogP contribution in [0.2, 0.25) is 0 Å². The third-order valence-electron chi connectivity index (χ3n) is 3.28. The Morgan fingerprint density at radius 2 is 1.95 bits per heavy atom. The van der Waals surface area contributed by atoms with E-state index in [1.54, 1.807) is 0 Å². The van der Waals surface area contributed by atoms with Gasteiger partial charge in [-0.15, -0.1) is 0 Å². The van der Waals surface area contributed by atoms with Crippen LogP contribution in [0.5, 0.6) is 0 Å². The summed E-state index contributed by atoms with van der Waals surface area (Å²) >= 11 is 0. The maximum absolute atomic E-state index is 11.2. The van der Waals surface area contributed by atoms with Gasteiger partial charge >= 0.3 is 0 Å². The van der Waals surface area contributed by atoms with Crippen molar-refractivity contribution in [3.05, 3.63) is 0 Å². The Hall–Kier alpha value is -0.810. The van der Waals surface area contributed by atoms with Crippen molar-refractivity contribution in [2.75, 3.05) is 13.2 Å². The summed E-state index contributed by atoms with van der Waals surface area (Å²) in [5.41, 5.74) is 0. The Bertz CT molecular complexity index is 339. The van der Waals surface area contributed by atoms with E-state index in [1.807, 2.05) is 0 Å². The minimum atomic E-state index is -1.43. The molecule has 0 aromatic heterocycles. The molecule has 1 fully saturated rings. The lowest BCUT2D eigenvalue weighted by atomic mass is 9.97. The standard InChI is InChI=1S/C12H23NO8/c1-5(16)7(3-14)20-12-9(13-6(2)17)11(19)10(18)8(4-15)21-12/h5,7-12,14-16,18-19H,3-4H2,1-2H3,(H,13,17). The van der Waals surface area contributed by atoms with Crippen LogP contribution in [-0.2, 0) is 14.3 Å². The minimum Gasteiger partial charge on any atom is -0.394 e. The Kier molecular flexibility index (Phi) is 6.94. The van der Waals surface area contributed by atoms with Gasteiger partial charge < -0.3 is 40.3 Å². The Morgan fingerprint density at radius 3 is 2.38 bits per heavy atom. The number of amides is 1. The fourth-order valence-corrected chi connectivity index (χ4v) is 2.07. The average Bonchev–Trinajstić information content (AvgIpc) is 2.42. The zero-order valence-electron chi connectivity index (χ0n) is 11.9. The third kappa shape index (κ3) is 4.58. The van der Waals surface area contributed by atoms with Crippen molar-refractivity contribution in [3.63, 3.8) is 0 Å². The summed E-state index contributed by atoms with van der Waals surface area (Å²) < 4.78 is 10.6. The van der Waals surface area contributed by atoms with Gasteiger partial charge in [-0.05, 0) is 6.92 Å². The van der Waals surface area contributed by atoms with E-state index in [-0.39, 0.29) is 0 Å². The van der Waals surface area contributed by atoms with Gasteiger partial charge in [-0.1, -0.05) is 0 Å². The number of aliphatic hydroxyl groups is 5. The summed E-state index contributed by atoms with van der Waals surface area (Å²) in [4.78, 5) is 11.2. The van der Waals surface area contributed by atoms with Gasteiger partial charge in [-0.25, -0.2) is 0 Å². The second-order valence-electron chi connectivity index (χ2n) is 5.03. The molecule has 0 saturated carbocycles. The van der Waals surface area contributed by atoms with E-state index < -0.39 is 62.0 Å². The fourth-order valence-electron chi connectivity index (χ4n) is 2.07. The SMILES string of the molecule is CC(=O)NC1C(OC(CO)C(C)O)OC(CO)C(O)C1O. The highest BCUT2D eigenvalue weighted by Crippen LogP contribution is 2.23. The second kappa shape index (κ2) is 7.99. The molecule has 7 atom stereocenters. The van der Waals surface area contributed by atoms with Crippen molar-refractivity contribution in [2.24, 2.45) is 0 Å². The van der Waals surface area contributed by atoms with Crippen molar-refractivity contribution < 1.29 is 39.8 Å². The van der Waals surface area contributed by atoms with Crippen LogP contribution in [0.25, 0.3) is 0 Å². The summed E-state index contributed by atoms with van der Waals surface area (Å²) in [6.45, 7) is 1.54. The number of ether oxygens (including phenoxy) is 2. The molecule has 0 bridgehead atoms. The largest absolute Gasteiger partial charge is 0.394 e. The molecule has 21 heavy (non-hydrogen) atoms. The predicted octanol–water partition coefficient (Wildman–Crippen LogP) is -3.31. The fraction of sp³-hybridized carbons (Fsp3) is 0.917. The van der Waals surface area contributed by atoms with Gasteiger partial charge in [-0.3, -0.25) is 4.79 Å². The Labute approximate surface area is 122 Å². The van der Waals surface area contributed by atoms with E-state index in [4.69, 9.17) is 19.7 Å². The molecule has 1 saturated heterocycles. The zero-order chi connectivity index (χ0) is 16.2. The van der Waals surface area contributed by atoms with Crippen LogP contribution in [0.3, 0.4) is 0 Å². The molecule has 1 aliphatic heterocycles. The van der Waals surface area contributed by atoms with E-state index in [2.05, 4.69) is 5.32 Å². The van der Waals surface area contributed by atoms with Gasteiger partial charge in [0, 0.05) is 6.92 Å². The number of aliphatic hydroxyl groups excluding tert-OH is 5. The van der Waals surface area contributed by atoms with Crippen LogP contribution in [0.4, 0.5) is 0 Å². The van der Waals surface area contributed by atoms with Crippen molar-refractivity contribution in [1.29, 1.82) is 0 Å². The van der Waals surface area contributed by atoms with Crippen LogP contribution < -0.4 is 5.32 Å². The molecule has 1 rings (SSSR count). The zero-order valence-corrected chi connectivity index (χ0v) is 11.9. The highest BCUT2D eigenvalue weighted by molar-refractivity contribution is 5.73. The molecule has 0 radical (unpaired) electrons. The minimum absolute atomic E-state index is 0.483. The van der Waals surface area contributed by atoms with Crippen molar-refractivity contribution >= 4 is 5.91 Å². The molecule has 1 heterocycles. The van der Waals surface area contributed by atoms with Gasteiger partial charge in [0.2, 0.25) is 5.91 Å². The van der Waals surface area contributed by atoms with E-state index >= 15 is 0 Å². The first-order valence-corrected chi connectivity index (χ1v) is 6.65. The van der Waals surface area contributed by atoms with Crippen molar-refractivity contribution in [3.8, 4) is 0 Å². The lowest BCUT2D eigenvalue weighted by Crippen LogP contribution is -2.65. The Morgan fingerprint density at radius 1 is 1.33 bits per heavy atom. The number of hydrogen-bond acceptors (Lipinski definition) is 8. The smallest absolute Gasteiger partial charge is 0.217 e. The van der Waals surface area contributed by atoms with Gasteiger partial charge in [0.05, 0.1) is 19.3 Å². The lowest BCUT2D eigenvalue weighted by Gasteiger charge is -2.43. The Balaban J connectivity index is 2.89. The number of carbonyl (C=O) groups excluding carboxylic acids is 1. The van der Waals surface area contributed by atoms with Gasteiger partial charge in [0.25, 0.3) is 0 Å². The summed E-state index contributed by atoms with van der Waals surface area (Å²) in [6.07, 6.45) is -7.22. The number of carbonyl (C=O) groups is 1. The monoisotopic (exact) mass is 309 g/mol. The summed E-state index contributed by atoms with van der Waals surface area (Å²) in [7, 11) is 0. The summed E-state index contributed by atoms with van der Waals surface area (Å²) in [6, 6.07) is -1.10. The molecule has 7 unspecified atom stereocenters. The number of hydrogen-bond donors (Lipinski definition) is 6. The molecule has 0 aromatic carbocycles. The number of nitrogens with one attached hydrogen (secondary N) is 1. The molecule has 1 aliphatic rings. The van der Waals surface area contributed by atoms with Crippen LogP contribution in [0, 0.1) is 0 Å². The van der Waals surface area contributed by atoms with Crippen LogP contribution >= 0.6 is 0 Å². The highest BCUT2D eigenvalue weighted by Gasteiger charge is 2.46. The quantitative estimate of drug-likeness (QED) is 0.299. The maximum atomic E-state index is 11.2. The molecular formula is C12H23NO8. The first-order valence-electron chi connectivity index (χ1n) is 6.65. The van der Waals surface area contributed by atoms with E-state index in [9.17, 15) is 20.1 Å². The first kappa shape index (κ1) is 18.2. The van der Waals surface area contributed by atoms with E-state index in [0.717, 1.165) is 0 Å². The van der Waals surface area contributed by atoms with Crippen molar-refractivity contribution in [1.82, 2.24) is 5.32 Å². The maximum Gasteiger partial charge on any atom is 0.217 e. The molecule has 1 amide bonds. The van der Waals surface area contributed by atoms with Crippen LogP contribution in [0.1, 0.15) is 13.8 Å². The lowest BCUT2D eigenvalue weighted by molar-refractivity contribution is -0.290. The highest BCUT2D eigenvalue weighted by atomic mass is 16.7. The molecule has 6 N–H and O–H groups in total. The molecule has 9 heteroatoms. The van der Waals surface area contributed by atoms with E-state index in [1.165, 1.54) is 13.8 Å². The topological polar surface area (TPSA) is 149 Å². The molecule has 0 spiro atoms. The molecule has 0 aliphatic carbocycles. The van der Waals surface area contributed by atoms with E-state index in [0.29, 0.717) is 0 Å². The molecule has 9 nitrogen and oxygen atoms in total.